The van der Waals surface area contributed by atoms with Crippen LogP contribution >= 0.6 is 0 Å². The zero-order chi connectivity index (χ0) is 42.5. The van der Waals surface area contributed by atoms with Crippen LogP contribution in [0.2, 0.25) is 0 Å². The fourth-order valence-electron chi connectivity index (χ4n) is 10.4. The molecular formula is C61H43N3. The highest BCUT2D eigenvalue weighted by molar-refractivity contribution is 6.02. The van der Waals surface area contributed by atoms with Gasteiger partial charge >= 0.3 is 0 Å². The van der Waals surface area contributed by atoms with E-state index in [1.165, 1.54) is 44.5 Å². The average Bonchev–Trinajstić information content (AvgIpc) is 3.83. The summed E-state index contributed by atoms with van der Waals surface area (Å²) in [5, 5.41) is 0. The molecular weight excluding hydrogens is 775 g/mol. The van der Waals surface area contributed by atoms with Crippen molar-refractivity contribution in [2.75, 3.05) is 14.7 Å². The fraction of sp³-hybridized carbons (Fsp3) is 0.0164. The molecule has 0 unspecified atom stereocenters. The molecule has 0 radical (unpaired) electrons. The molecule has 0 amide bonds. The molecule has 302 valence electrons. The lowest BCUT2D eigenvalue weighted by Gasteiger charge is -2.34. The van der Waals surface area contributed by atoms with Crippen molar-refractivity contribution in [1.82, 2.24) is 0 Å². The minimum absolute atomic E-state index is 0.657. The van der Waals surface area contributed by atoms with Crippen molar-refractivity contribution in [2.24, 2.45) is 0 Å². The summed E-state index contributed by atoms with van der Waals surface area (Å²) in [4.78, 5) is 7.21. The van der Waals surface area contributed by atoms with E-state index in [2.05, 4.69) is 276 Å². The van der Waals surface area contributed by atoms with Gasteiger partial charge in [0.2, 0.25) is 0 Å². The van der Waals surface area contributed by atoms with Crippen molar-refractivity contribution < 1.29 is 0 Å². The van der Waals surface area contributed by atoms with E-state index in [4.69, 9.17) is 0 Å². The molecule has 0 aliphatic heterocycles. The van der Waals surface area contributed by atoms with Crippen LogP contribution < -0.4 is 14.7 Å². The Bertz CT molecular complexity index is 3010. The van der Waals surface area contributed by atoms with Gasteiger partial charge in [-0.25, -0.2) is 0 Å². The number of anilines is 9. The standard InChI is InChI=1S/C61H43N3/c1-7-22-44(23-8-1)62(45-24-9-2-10-25-45)50-38-40-52-53-41-39-51(63(46-26-11-3-12-27-46)47-28-13-4-14-29-47)43-58(53)61(57(52)42-50)55-35-20-19-34-54(55)60-56(61)36-21-37-59(60)64(48-30-15-5-16-31-48)49-32-17-6-18-33-49/h1-43H. The Morgan fingerprint density at radius 3 is 0.969 bits per heavy atom. The van der Waals surface area contributed by atoms with Crippen molar-refractivity contribution in [2.45, 2.75) is 5.41 Å². The van der Waals surface area contributed by atoms with E-state index in [1.807, 2.05) is 0 Å². The third kappa shape index (κ3) is 5.90. The van der Waals surface area contributed by atoms with Gasteiger partial charge in [0.25, 0.3) is 0 Å². The van der Waals surface area contributed by atoms with Gasteiger partial charge < -0.3 is 14.7 Å². The Kier molecular flexibility index (Phi) is 9.05. The third-order valence-electron chi connectivity index (χ3n) is 13.0. The normalized spacial score (nSPS) is 12.5. The van der Waals surface area contributed by atoms with Gasteiger partial charge in [-0.1, -0.05) is 158 Å². The number of rotatable bonds is 9. The van der Waals surface area contributed by atoms with E-state index < -0.39 is 5.41 Å². The van der Waals surface area contributed by atoms with Crippen molar-refractivity contribution in [3.05, 3.63) is 283 Å². The van der Waals surface area contributed by atoms with Crippen LogP contribution in [0.4, 0.5) is 51.2 Å². The zero-order valence-electron chi connectivity index (χ0n) is 35.2. The maximum absolute atomic E-state index is 2.48. The molecule has 0 fully saturated rings. The van der Waals surface area contributed by atoms with Gasteiger partial charge in [-0.2, -0.15) is 0 Å². The first-order chi connectivity index (χ1) is 31.8. The molecule has 2 aliphatic carbocycles. The second-order valence-electron chi connectivity index (χ2n) is 16.5. The summed E-state index contributed by atoms with van der Waals surface area (Å²) < 4.78 is 0. The first-order valence-corrected chi connectivity index (χ1v) is 22.0. The molecule has 12 rings (SSSR count). The van der Waals surface area contributed by atoms with Gasteiger partial charge in [0.15, 0.2) is 0 Å². The summed E-state index contributed by atoms with van der Waals surface area (Å²) in [6, 6.07) is 94.9. The largest absolute Gasteiger partial charge is 0.310 e. The van der Waals surface area contributed by atoms with E-state index >= 15 is 0 Å². The van der Waals surface area contributed by atoms with Gasteiger partial charge in [0, 0.05) is 51.1 Å². The molecule has 0 bridgehead atoms. The second-order valence-corrected chi connectivity index (χ2v) is 16.5. The first-order valence-electron chi connectivity index (χ1n) is 22.0. The average molecular weight is 818 g/mol. The lowest BCUT2D eigenvalue weighted by molar-refractivity contribution is 0.793. The van der Waals surface area contributed by atoms with Crippen LogP contribution in [0.5, 0.6) is 0 Å². The van der Waals surface area contributed by atoms with Crippen LogP contribution in [0.25, 0.3) is 22.3 Å². The minimum atomic E-state index is -0.657. The number of benzene rings is 10. The van der Waals surface area contributed by atoms with Crippen LogP contribution in [0.15, 0.2) is 261 Å². The molecule has 10 aromatic rings. The summed E-state index contributed by atoms with van der Waals surface area (Å²) in [6.45, 7) is 0. The number of para-hydroxylation sites is 6. The van der Waals surface area contributed by atoms with Gasteiger partial charge in [-0.3, -0.25) is 0 Å². The molecule has 3 heteroatoms. The van der Waals surface area contributed by atoms with Crippen molar-refractivity contribution in [3.63, 3.8) is 0 Å². The van der Waals surface area contributed by atoms with E-state index in [-0.39, 0.29) is 0 Å². The predicted octanol–water partition coefficient (Wildman–Crippen LogP) is 16.4. The van der Waals surface area contributed by atoms with Gasteiger partial charge in [-0.05, 0) is 142 Å². The SMILES string of the molecule is c1ccc(N(c2ccccc2)c2ccc3c(c2)C2(c4cc(N(c5ccccc5)c5ccccc5)ccc4-3)c3ccccc3-c3c(N(c4ccccc4)c4ccccc4)cccc32)cc1. The van der Waals surface area contributed by atoms with Gasteiger partial charge in [-0.15, -0.1) is 0 Å². The van der Waals surface area contributed by atoms with Crippen LogP contribution in [0.1, 0.15) is 22.3 Å². The summed E-state index contributed by atoms with van der Waals surface area (Å²) in [7, 11) is 0. The molecule has 0 saturated carbocycles. The van der Waals surface area contributed by atoms with Crippen molar-refractivity contribution in [1.29, 1.82) is 0 Å². The Morgan fingerprint density at radius 1 is 0.219 bits per heavy atom. The van der Waals surface area contributed by atoms with E-state index in [0.29, 0.717) is 0 Å². The summed E-state index contributed by atoms with van der Waals surface area (Å²) in [5.74, 6) is 0. The lowest BCUT2D eigenvalue weighted by atomic mass is 9.70. The Labute approximate surface area is 375 Å². The van der Waals surface area contributed by atoms with Crippen LogP contribution in [-0.2, 0) is 5.41 Å². The maximum Gasteiger partial charge on any atom is 0.0727 e. The molecule has 0 aromatic heterocycles. The van der Waals surface area contributed by atoms with E-state index in [1.54, 1.807) is 0 Å². The monoisotopic (exact) mass is 817 g/mol. The Hall–Kier alpha value is -8.40. The van der Waals surface area contributed by atoms with E-state index in [0.717, 1.165) is 51.2 Å². The Morgan fingerprint density at radius 2 is 0.562 bits per heavy atom. The molecule has 0 N–H and O–H groups in total. The molecule has 1 spiro atoms. The summed E-state index contributed by atoms with van der Waals surface area (Å²) >= 11 is 0. The topological polar surface area (TPSA) is 9.72 Å². The quantitative estimate of drug-likeness (QED) is 0.144. The van der Waals surface area contributed by atoms with Gasteiger partial charge in [0.05, 0.1) is 11.1 Å². The van der Waals surface area contributed by atoms with Crippen molar-refractivity contribution in [3.8, 4) is 22.3 Å². The Balaban J connectivity index is 1.17. The summed E-state index contributed by atoms with van der Waals surface area (Å²) in [6.07, 6.45) is 0. The number of nitrogens with zero attached hydrogens (tertiary/aromatic N) is 3. The summed E-state index contributed by atoms with van der Waals surface area (Å²) in [5.41, 5.74) is 19.4. The predicted molar refractivity (Wildman–Crippen MR) is 267 cm³/mol. The minimum Gasteiger partial charge on any atom is -0.310 e. The fourth-order valence-corrected chi connectivity index (χ4v) is 10.4. The molecule has 0 heterocycles. The maximum atomic E-state index is 2.48. The zero-order valence-corrected chi connectivity index (χ0v) is 35.2. The van der Waals surface area contributed by atoms with Crippen molar-refractivity contribution >= 4 is 51.2 Å². The third-order valence-corrected chi connectivity index (χ3v) is 13.0. The number of hydrogen-bond acceptors (Lipinski definition) is 3. The number of fused-ring (bicyclic) bond motifs is 10. The molecule has 64 heavy (non-hydrogen) atoms. The molecule has 3 nitrogen and oxygen atoms in total. The number of hydrogen-bond donors (Lipinski definition) is 0. The molecule has 0 atom stereocenters. The van der Waals surface area contributed by atoms with Crippen LogP contribution in [-0.4, -0.2) is 0 Å². The van der Waals surface area contributed by atoms with Gasteiger partial charge in [0.1, 0.15) is 0 Å². The molecule has 2 aliphatic rings. The smallest absolute Gasteiger partial charge is 0.0727 e. The molecule has 0 saturated heterocycles. The molecule has 10 aromatic carbocycles. The van der Waals surface area contributed by atoms with Crippen LogP contribution in [0, 0.1) is 0 Å². The van der Waals surface area contributed by atoms with E-state index in [9.17, 15) is 0 Å². The highest BCUT2D eigenvalue weighted by Gasteiger charge is 2.53. The lowest BCUT2D eigenvalue weighted by Crippen LogP contribution is -2.26. The highest BCUT2D eigenvalue weighted by Crippen LogP contribution is 2.66. The first kappa shape index (κ1) is 37.4. The second kappa shape index (κ2) is 15.5. The van der Waals surface area contributed by atoms with Crippen LogP contribution in [0.3, 0.4) is 0 Å². The highest BCUT2D eigenvalue weighted by atomic mass is 15.2.